The van der Waals surface area contributed by atoms with E-state index in [4.69, 9.17) is 4.74 Å². The minimum absolute atomic E-state index is 0.253. The molecule has 0 saturated carbocycles. The molecule has 1 aromatic rings. The van der Waals surface area contributed by atoms with Gasteiger partial charge in [-0.05, 0) is 27.7 Å². The Labute approximate surface area is 132 Å². The minimum atomic E-state index is -0.592. The highest BCUT2D eigenvalue weighted by atomic mass is 16.6. The van der Waals surface area contributed by atoms with Crippen LogP contribution in [0.15, 0.2) is 12.4 Å². The van der Waals surface area contributed by atoms with Crippen molar-refractivity contribution in [2.45, 2.75) is 45.9 Å². The minimum Gasteiger partial charge on any atom is -0.444 e. The fourth-order valence-electron chi connectivity index (χ4n) is 1.91. The normalized spacial score (nSPS) is 13.0. The predicted octanol–water partition coefficient (Wildman–Crippen LogP) is 1.13. The number of amides is 1. The van der Waals surface area contributed by atoms with E-state index in [0.29, 0.717) is 19.6 Å². The molecule has 1 heterocycles. The molecule has 2 N–H and O–H groups in total. The SMILES string of the molecule is CC(O)CN(CCNCc1cnn(C)c1)C(=O)OC(C)(C)C. The van der Waals surface area contributed by atoms with Gasteiger partial charge >= 0.3 is 6.09 Å². The van der Waals surface area contributed by atoms with E-state index in [2.05, 4.69) is 10.4 Å². The number of aryl methyl sites for hydroxylation is 1. The summed E-state index contributed by atoms with van der Waals surface area (Å²) >= 11 is 0. The van der Waals surface area contributed by atoms with Crippen molar-refractivity contribution in [3.8, 4) is 0 Å². The third-order valence-corrected chi connectivity index (χ3v) is 2.78. The molecule has 7 nitrogen and oxygen atoms in total. The van der Waals surface area contributed by atoms with Crippen LogP contribution in [0.3, 0.4) is 0 Å². The number of aliphatic hydroxyl groups is 1. The number of nitrogens with one attached hydrogen (secondary N) is 1. The Morgan fingerprint density at radius 1 is 1.55 bits per heavy atom. The molecule has 0 aliphatic heterocycles. The summed E-state index contributed by atoms with van der Waals surface area (Å²) in [4.78, 5) is 13.6. The van der Waals surface area contributed by atoms with Crippen molar-refractivity contribution in [1.29, 1.82) is 0 Å². The van der Waals surface area contributed by atoms with Gasteiger partial charge in [0.1, 0.15) is 5.60 Å². The van der Waals surface area contributed by atoms with Gasteiger partial charge in [-0.3, -0.25) is 4.68 Å². The lowest BCUT2D eigenvalue weighted by atomic mass is 10.2. The van der Waals surface area contributed by atoms with Gasteiger partial charge in [-0.2, -0.15) is 5.10 Å². The maximum Gasteiger partial charge on any atom is 0.410 e. The Morgan fingerprint density at radius 3 is 2.73 bits per heavy atom. The van der Waals surface area contributed by atoms with Crippen LogP contribution >= 0.6 is 0 Å². The van der Waals surface area contributed by atoms with Gasteiger partial charge in [0.05, 0.1) is 12.3 Å². The van der Waals surface area contributed by atoms with Gasteiger partial charge in [0.25, 0.3) is 0 Å². The Balaban J connectivity index is 2.42. The number of carbonyl (C=O) groups excluding carboxylic acids is 1. The van der Waals surface area contributed by atoms with E-state index in [0.717, 1.165) is 5.56 Å². The molecule has 0 bridgehead atoms. The molecular formula is C15H28N4O3. The molecule has 1 unspecified atom stereocenters. The van der Waals surface area contributed by atoms with E-state index in [-0.39, 0.29) is 6.54 Å². The first-order valence-electron chi connectivity index (χ1n) is 7.51. The van der Waals surface area contributed by atoms with Gasteiger partial charge in [-0.15, -0.1) is 0 Å². The molecule has 1 aromatic heterocycles. The molecule has 7 heteroatoms. The molecule has 1 amide bonds. The second kappa shape index (κ2) is 8.14. The van der Waals surface area contributed by atoms with Crippen molar-refractivity contribution < 1.29 is 14.6 Å². The summed E-state index contributed by atoms with van der Waals surface area (Å²) in [6.07, 6.45) is 2.74. The van der Waals surface area contributed by atoms with Crippen molar-refractivity contribution in [3.05, 3.63) is 18.0 Å². The molecule has 0 radical (unpaired) electrons. The highest BCUT2D eigenvalue weighted by Crippen LogP contribution is 2.10. The summed E-state index contributed by atoms with van der Waals surface area (Å²) in [5, 5.41) is 16.9. The summed E-state index contributed by atoms with van der Waals surface area (Å²) in [5.41, 5.74) is 0.541. The third kappa shape index (κ3) is 7.42. The maximum absolute atomic E-state index is 12.1. The first-order chi connectivity index (χ1) is 10.2. The lowest BCUT2D eigenvalue weighted by molar-refractivity contribution is 0.0164. The quantitative estimate of drug-likeness (QED) is 0.738. The monoisotopic (exact) mass is 312 g/mol. The fourth-order valence-corrected chi connectivity index (χ4v) is 1.91. The highest BCUT2D eigenvalue weighted by Gasteiger charge is 2.22. The van der Waals surface area contributed by atoms with Gasteiger partial charge in [0.15, 0.2) is 0 Å². The topological polar surface area (TPSA) is 79.6 Å². The van der Waals surface area contributed by atoms with Crippen LogP contribution < -0.4 is 5.32 Å². The molecule has 0 saturated heterocycles. The number of carbonyl (C=O) groups is 1. The molecule has 1 rings (SSSR count). The van der Waals surface area contributed by atoms with Crippen LogP contribution in [0.25, 0.3) is 0 Å². The Morgan fingerprint density at radius 2 is 2.23 bits per heavy atom. The van der Waals surface area contributed by atoms with E-state index in [1.54, 1.807) is 17.8 Å². The molecule has 0 aliphatic rings. The number of nitrogens with zero attached hydrogens (tertiary/aromatic N) is 3. The van der Waals surface area contributed by atoms with Gasteiger partial charge in [0, 0.05) is 45.0 Å². The predicted molar refractivity (Wildman–Crippen MR) is 84.4 cm³/mol. The van der Waals surface area contributed by atoms with Crippen LogP contribution in [0.4, 0.5) is 4.79 Å². The molecule has 0 aromatic carbocycles. The summed E-state index contributed by atoms with van der Waals surface area (Å²) in [6.45, 7) is 9.15. The van der Waals surface area contributed by atoms with Crippen LogP contribution in [0.2, 0.25) is 0 Å². The molecule has 0 spiro atoms. The first kappa shape index (κ1) is 18.4. The summed E-state index contributed by atoms with van der Waals surface area (Å²) < 4.78 is 7.10. The van der Waals surface area contributed by atoms with Crippen LogP contribution in [0.5, 0.6) is 0 Å². The van der Waals surface area contributed by atoms with Crippen molar-refractivity contribution in [1.82, 2.24) is 20.0 Å². The molecule has 22 heavy (non-hydrogen) atoms. The van der Waals surface area contributed by atoms with Crippen molar-refractivity contribution in [3.63, 3.8) is 0 Å². The number of aromatic nitrogens is 2. The van der Waals surface area contributed by atoms with E-state index < -0.39 is 17.8 Å². The summed E-state index contributed by atoms with van der Waals surface area (Å²) in [7, 11) is 1.87. The van der Waals surface area contributed by atoms with Crippen molar-refractivity contribution >= 4 is 6.09 Å². The van der Waals surface area contributed by atoms with Crippen LogP contribution in [-0.4, -0.2) is 57.2 Å². The zero-order valence-corrected chi connectivity index (χ0v) is 14.2. The third-order valence-electron chi connectivity index (χ3n) is 2.78. The number of rotatable bonds is 7. The Hall–Kier alpha value is -1.60. The fraction of sp³-hybridized carbons (Fsp3) is 0.733. The summed E-state index contributed by atoms with van der Waals surface area (Å²) in [5.74, 6) is 0. The first-order valence-corrected chi connectivity index (χ1v) is 7.51. The largest absolute Gasteiger partial charge is 0.444 e. The van der Waals surface area contributed by atoms with Gasteiger partial charge < -0.3 is 20.1 Å². The second-order valence-corrected chi connectivity index (χ2v) is 6.47. The molecule has 0 aliphatic carbocycles. The lowest BCUT2D eigenvalue weighted by Gasteiger charge is -2.28. The average molecular weight is 312 g/mol. The number of hydrogen-bond acceptors (Lipinski definition) is 5. The number of ether oxygens (including phenoxy) is 1. The average Bonchev–Trinajstić information content (AvgIpc) is 2.76. The van der Waals surface area contributed by atoms with Gasteiger partial charge in [-0.1, -0.05) is 0 Å². The lowest BCUT2D eigenvalue weighted by Crippen LogP contribution is -2.43. The van der Waals surface area contributed by atoms with Gasteiger partial charge in [0.2, 0.25) is 0 Å². The summed E-state index contributed by atoms with van der Waals surface area (Å²) in [6, 6.07) is 0. The number of hydrogen-bond donors (Lipinski definition) is 2. The zero-order valence-electron chi connectivity index (χ0n) is 14.2. The Kier molecular flexibility index (Phi) is 6.83. The molecular weight excluding hydrogens is 284 g/mol. The van der Waals surface area contributed by atoms with E-state index in [1.807, 2.05) is 34.0 Å². The van der Waals surface area contributed by atoms with Crippen LogP contribution in [0, 0.1) is 0 Å². The van der Waals surface area contributed by atoms with Gasteiger partial charge in [-0.25, -0.2) is 4.79 Å². The molecule has 126 valence electrons. The van der Waals surface area contributed by atoms with E-state index in [1.165, 1.54) is 4.90 Å². The highest BCUT2D eigenvalue weighted by molar-refractivity contribution is 5.68. The van der Waals surface area contributed by atoms with Crippen molar-refractivity contribution in [2.24, 2.45) is 7.05 Å². The number of aliphatic hydroxyl groups excluding tert-OH is 1. The van der Waals surface area contributed by atoms with Crippen LogP contribution in [-0.2, 0) is 18.3 Å². The molecule has 1 atom stereocenters. The second-order valence-electron chi connectivity index (χ2n) is 6.47. The zero-order chi connectivity index (χ0) is 16.8. The molecule has 0 fully saturated rings. The van der Waals surface area contributed by atoms with Crippen molar-refractivity contribution in [2.75, 3.05) is 19.6 Å². The smallest absolute Gasteiger partial charge is 0.410 e. The van der Waals surface area contributed by atoms with E-state index >= 15 is 0 Å². The maximum atomic E-state index is 12.1. The Bertz CT molecular complexity index is 466. The van der Waals surface area contributed by atoms with Crippen LogP contribution in [0.1, 0.15) is 33.3 Å². The standard InChI is InChI=1S/C15H28N4O3/c1-12(20)10-19(14(21)22-15(2,3)4)7-6-16-8-13-9-17-18(5)11-13/h9,11-12,16,20H,6-8,10H2,1-5H3. The van der Waals surface area contributed by atoms with E-state index in [9.17, 15) is 9.90 Å².